The lowest BCUT2D eigenvalue weighted by atomic mass is 10.2. The molecular weight excluding hydrogens is 282 g/mol. The molecule has 1 aromatic rings. The van der Waals surface area contributed by atoms with Crippen molar-refractivity contribution in [2.24, 2.45) is 9.98 Å². The summed E-state index contributed by atoms with van der Waals surface area (Å²) in [7, 11) is 0. The number of isocyanates is 1. The third kappa shape index (κ3) is 5.33. The second-order valence-corrected chi connectivity index (χ2v) is 5.42. The Morgan fingerprint density at radius 2 is 1.88 bits per heavy atom. The molecule has 0 radical (unpaired) electrons. The Kier molecular flexibility index (Phi) is 5.66. The van der Waals surface area contributed by atoms with Gasteiger partial charge in [0.2, 0.25) is 6.08 Å². The van der Waals surface area contributed by atoms with Gasteiger partial charge in [-0.1, -0.05) is 65.1 Å². The summed E-state index contributed by atoms with van der Waals surface area (Å²) in [4.78, 5) is 17.4. The molecule has 3 nitrogen and oxygen atoms in total. The Hall–Kier alpha value is -0.860. The normalized spacial score (nSPS) is 12.1. The standard InChI is InChI=1S/C11H9Cl3N2O/c12-11(13,14)10(16-8-17)15-7-6-9-4-2-1-3-5-9/h1-5H,6-7H2. The van der Waals surface area contributed by atoms with Crippen LogP contribution in [0.5, 0.6) is 0 Å². The molecule has 0 aliphatic rings. The fourth-order valence-electron chi connectivity index (χ4n) is 1.17. The van der Waals surface area contributed by atoms with Gasteiger partial charge in [0.25, 0.3) is 3.79 Å². The smallest absolute Gasteiger partial charge is 0.250 e. The van der Waals surface area contributed by atoms with Crippen LogP contribution in [-0.2, 0) is 11.2 Å². The molecule has 0 fully saturated rings. The number of nitrogens with zero attached hydrogens (tertiary/aromatic N) is 2. The molecule has 17 heavy (non-hydrogen) atoms. The van der Waals surface area contributed by atoms with Gasteiger partial charge in [-0.2, -0.15) is 0 Å². The molecular formula is C11H9Cl3N2O. The molecule has 0 N–H and O–H groups in total. The van der Waals surface area contributed by atoms with Crippen molar-refractivity contribution in [3.8, 4) is 0 Å². The third-order valence-electron chi connectivity index (χ3n) is 1.91. The molecule has 1 aromatic carbocycles. The summed E-state index contributed by atoms with van der Waals surface area (Å²) in [6.45, 7) is 0.387. The number of aliphatic imine (C=N–C) groups is 2. The third-order valence-corrected chi connectivity index (χ3v) is 2.42. The van der Waals surface area contributed by atoms with Crippen LogP contribution in [0, 0.1) is 0 Å². The fraction of sp³-hybridized carbons (Fsp3) is 0.273. The molecule has 6 heteroatoms. The van der Waals surface area contributed by atoms with Crippen molar-refractivity contribution in [1.82, 2.24) is 0 Å². The lowest BCUT2D eigenvalue weighted by molar-refractivity contribution is 0.565. The van der Waals surface area contributed by atoms with E-state index in [1.54, 1.807) is 0 Å². The molecule has 0 saturated carbocycles. The minimum atomic E-state index is -1.80. The highest BCUT2D eigenvalue weighted by atomic mass is 35.6. The Bertz CT molecular complexity index is 434. The van der Waals surface area contributed by atoms with Crippen LogP contribution in [0.2, 0.25) is 0 Å². The van der Waals surface area contributed by atoms with Crippen LogP contribution in [0.15, 0.2) is 40.3 Å². The van der Waals surface area contributed by atoms with Gasteiger partial charge in [0.05, 0.1) is 0 Å². The van der Waals surface area contributed by atoms with E-state index in [2.05, 4.69) is 9.98 Å². The van der Waals surface area contributed by atoms with E-state index in [0.29, 0.717) is 13.0 Å². The minimum absolute atomic E-state index is 0.145. The fourth-order valence-corrected chi connectivity index (χ4v) is 1.47. The van der Waals surface area contributed by atoms with Crippen molar-refractivity contribution >= 4 is 46.7 Å². The van der Waals surface area contributed by atoms with E-state index >= 15 is 0 Å². The van der Waals surface area contributed by atoms with E-state index in [0.717, 1.165) is 5.56 Å². The molecule has 0 bridgehead atoms. The first kappa shape index (κ1) is 14.2. The van der Waals surface area contributed by atoms with Crippen molar-refractivity contribution in [2.45, 2.75) is 10.2 Å². The lowest BCUT2D eigenvalue weighted by Crippen LogP contribution is -2.17. The molecule has 0 spiro atoms. The average molecular weight is 292 g/mol. The minimum Gasteiger partial charge on any atom is -0.266 e. The summed E-state index contributed by atoms with van der Waals surface area (Å²) < 4.78 is -1.80. The first-order valence-corrected chi connectivity index (χ1v) is 5.91. The highest BCUT2D eigenvalue weighted by molar-refractivity contribution is 6.76. The zero-order valence-electron chi connectivity index (χ0n) is 8.74. The summed E-state index contributed by atoms with van der Waals surface area (Å²) in [5.74, 6) is -0.145. The second kappa shape index (κ2) is 6.77. The molecule has 0 amide bonds. The Balaban J connectivity index is 2.65. The predicted molar refractivity (Wildman–Crippen MR) is 70.9 cm³/mol. The first-order chi connectivity index (χ1) is 8.04. The SMILES string of the molecule is O=C=NC(=NCCc1ccccc1)C(Cl)(Cl)Cl. The number of amidine groups is 1. The van der Waals surface area contributed by atoms with E-state index < -0.39 is 3.79 Å². The molecule has 0 atom stereocenters. The summed E-state index contributed by atoms with van der Waals surface area (Å²) >= 11 is 16.8. The van der Waals surface area contributed by atoms with E-state index in [1.165, 1.54) is 6.08 Å². The summed E-state index contributed by atoms with van der Waals surface area (Å²) in [5.41, 5.74) is 1.11. The van der Waals surface area contributed by atoms with Crippen LogP contribution in [0.3, 0.4) is 0 Å². The summed E-state index contributed by atoms with van der Waals surface area (Å²) in [5, 5.41) is 0. The van der Waals surface area contributed by atoms with Crippen LogP contribution in [0.4, 0.5) is 0 Å². The van der Waals surface area contributed by atoms with Gasteiger partial charge in [-0.3, -0.25) is 4.99 Å². The van der Waals surface area contributed by atoms with Gasteiger partial charge in [0, 0.05) is 6.54 Å². The topological polar surface area (TPSA) is 41.8 Å². The molecule has 0 saturated heterocycles. The number of alkyl halides is 3. The number of rotatable bonds is 3. The largest absolute Gasteiger partial charge is 0.266 e. The maximum atomic E-state index is 10.1. The van der Waals surface area contributed by atoms with E-state index in [1.807, 2.05) is 30.3 Å². The Morgan fingerprint density at radius 1 is 1.24 bits per heavy atom. The summed E-state index contributed by atoms with van der Waals surface area (Å²) in [6, 6.07) is 9.72. The van der Waals surface area contributed by atoms with Gasteiger partial charge in [-0.05, 0) is 12.0 Å². The quantitative estimate of drug-likeness (QED) is 0.364. The van der Waals surface area contributed by atoms with Gasteiger partial charge < -0.3 is 0 Å². The van der Waals surface area contributed by atoms with Crippen LogP contribution >= 0.6 is 34.8 Å². The summed E-state index contributed by atoms with van der Waals surface area (Å²) in [6.07, 6.45) is 1.99. The molecule has 90 valence electrons. The number of benzene rings is 1. The number of halogens is 3. The first-order valence-electron chi connectivity index (χ1n) is 4.77. The predicted octanol–water partition coefficient (Wildman–Crippen LogP) is 3.33. The molecule has 0 unspecified atom stereocenters. The highest BCUT2D eigenvalue weighted by Gasteiger charge is 2.27. The van der Waals surface area contributed by atoms with Gasteiger partial charge in [0.1, 0.15) is 0 Å². The monoisotopic (exact) mass is 290 g/mol. The number of hydrogen-bond acceptors (Lipinski definition) is 2. The van der Waals surface area contributed by atoms with Crippen molar-refractivity contribution in [3.63, 3.8) is 0 Å². The van der Waals surface area contributed by atoms with Crippen LogP contribution in [-0.4, -0.2) is 22.3 Å². The van der Waals surface area contributed by atoms with Gasteiger partial charge in [0.15, 0.2) is 5.84 Å². The lowest BCUT2D eigenvalue weighted by Gasteiger charge is -2.08. The van der Waals surface area contributed by atoms with Crippen molar-refractivity contribution in [1.29, 1.82) is 0 Å². The van der Waals surface area contributed by atoms with Crippen molar-refractivity contribution < 1.29 is 4.79 Å². The van der Waals surface area contributed by atoms with Gasteiger partial charge >= 0.3 is 0 Å². The molecule has 1 rings (SSSR count). The van der Waals surface area contributed by atoms with Crippen LogP contribution < -0.4 is 0 Å². The molecule has 0 heterocycles. The van der Waals surface area contributed by atoms with Crippen LogP contribution in [0.1, 0.15) is 5.56 Å². The average Bonchev–Trinajstić information content (AvgIpc) is 2.28. The Morgan fingerprint density at radius 3 is 2.41 bits per heavy atom. The van der Waals surface area contributed by atoms with E-state index in [-0.39, 0.29) is 5.84 Å². The number of carbonyl (C=O) groups excluding carboxylic acids is 1. The van der Waals surface area contributed by atoms with Gasteiger partial charge in [-0.15, -0.1) is 4.99 Å². The van der Waals surface area contributed by atoms with Crippen LogP contribution in [0.25, 0.3) is 0 Å². The molecule has 0 aromatic heterocycles. The molecule has 0 aliphatic heterocycles. The zero-order chi connectivity index (χ0) is 12.7. The van der Waals surface area contributed by atoms with Gasteiger partial charge in [-0.25, -0.2) is 4.79 Å². The highest BCUT2D eigenvalue weighted by Crippen LogP contribution is 2.28. The van der Waals surface area contributed by atoms with E-state index in [9.17, 15) is 4.79 Å². The second-order valence-electron chi connectivity index (χ2n) is 3.14. The molecule has 0 aliphatic carbocycles. The van der Waals surface area contributed by atoms with Crippen molar-refractivity contribution in [2.75, 3.05) is 6.54 Å². The number of hydrogen-bond donors (Lipinski definition) is 0. The Labute approximate surface area is 114 Å². The maximum absolute atomic E-state index is 10.1. The van der Waals surface area contributed by atoms with Crippen molar-refractivity contribution in [3.05, 3.63) is 35.9 Å². The maximum Gasteiger partial charge on any atom is 0.250 e. The van der Waals surface area contributed by atoms with E-state index in [4.69, 9.17) is 34.8 Å². The zero-order valence-corrected chi connectivity index (χ0v) is 11.0.